The molecule has 62 heavy (non-hydrogen) atoms. The van der Waals surface area contributed by atoms with Crippen molar-refractivity contribution in [2.24, 2.45) is 0 Å². The maximum absolute atomic E-state index is 13.2. The Bertz CT molecular complexity index is 1590. The molecule has 20 heteroatoms. The van der Waals surface area contributed by atoms with Gasteiger partial charge in [0.25, 0.3) is 0 Å². The molecular formula is C42H72N14O6. The van der Waals surface area contributed by atoms with Gasteiger partial charge in [-0.25, -0.2) is 0 Å². The van der Waals surface area contributed by atoms with Gasteiger partial charge in [-0.1, -0.05) is 0 Å². The Balaban J connectivity index is 1.31. The van der Waals surface area contributed by atoms with E-state index in [2.05, 4.69) is 31.5 Å². The third kappa shape index (κ3) is 10.4. The van der Waals surface area contributed by atoms with Gasteiger partial charge in [-0.05, 0) is 136 Å². The molecule has 0 bridgehead atoms. The summed E-state index contributed by atoms with van der Waals surface area (Å²) in [6.07, 6.45) is 3.24. The normalized spacial score (nSPS) is 26.7. The molecule has 0 spiro atoms. The molecule has 6 rings (SSSR count). The molecule has 2 aromatic rings. The summed E-state index contributed by atoms with van der Waals surface area (Å²) in [7, 11) is 0. The van der Waals surface area contributed by atoms with Crippen molar-refractivity contribution < 1.29 is 30.3 Å². The molecule has 4 fully saturated rings. The van der Waals surface area contributed by atoms with Crippen molar-refractivity contribution in [3.8, 4) is 12.0 Å². The molecule has 346 valence electrons. The molecule has 0 unspecified atom stereocenters. The first kappa shape index (κ1) is 48.0. The van der Waals surface area contributed by atoms with Crippen LogP contribution in [-0.2, 0) is 20.8 Å². The maximum Gasteiger partial charge on any atom is 0.323 e. The van der Waals surface area contributed by atoms with Crippen LogP contribution < -0.4 is 31.0 Å². The van der Waals surface area contributed by atoms with Gasteiger partial charge >= 0.3 is 12.0 Å². The van der Waals surface area contributed by atoms with Crippen LogP contribution >= 0.6 is 0 Å². The van der Waals surface area contributed by atoms with Crippen molar-refractivity contribution in [2.75, 3.05) is 21.5 Å². The zero-order valence-corrected chi connectivity index (χ0v) is 39.9. The average molecular weight is 869 g/mol. The molecule has 4 saturated heterocycles. The van der Waals surface area contributed by atoms with Crippen molar-refractivity contribution in [3.63, 3.8) is 0 Å². The number of hydrogen-bond acceptors (Lipinski definition) is 16. The van der Waals surface area contributed by atoms with E-state index in [0.29, 0.717) is 51.4 Å². The second-order valence-corrected chi connectivity index (χ2v) is 23.3. The van der Waals surface area contributed by atoms with E-state index in [4.69, 9.17) is 29.4 Å². The summed E-state index contributed by atoms with van der Waals surface area (Å²) in [5, 5.41) is 64.2. The van der Waals surface area contributed by atoms with E-state index >= 15 is 0 Å². The Hall–Kier alpha value is -3.50. The van der Waals surface area contributed by atoms with Crippen molar-refractivity contribution in [2.45, 2.75) is 231 Å². The maximum atomic E-state index is 13.2. The van der Waals surface area contributed by atoms with Crippen LogP contribution in [0.2, 0.25) is 0 Å². The minimum Gasteiger partial charge on any atom is -0.460 e. The third-order valence-electron chi connectivity index (χ3n) is 13.0. The largest absolute Gasteiger partial charge is 0.460 e. The first-order chi connectivity index (χ1) is 28.2. The van der Waals surface area contributed by atoms with Crippen LogP contribution in [0.15, 0.2) is 0 Å². The highest BCUT2D eigenvalue weighted by atomic mass is 16.5. The highest BCUT2D eigenvalue weighted by Gasteiger charge is 2.50. The lowest BCUT2D eigenvalue weighted by atomic mass is 9.79. The standard InChI is InChI=1S/C42H72N14O6/c1-35(2)17-25(18-36(3,4)53(35)57)43-29-45-31(49-33(47-29)61-27-21-39(9,10)55(59)40(11,12)22-27)51-52-32-46-30(44-26-19-37(5,6)54(58)38(7,8)20-26)48-34(50-32)62-28-23-41(13,14)56(60)42(15,16)24-28/h25-28H,17-24H2,1-16H3,(H2,43,45,47,49,51)(H2,44,46,48,50,52). The smallest absolute Gasteiger partial charge is 0.323 e. The van der Waals surface area contributed by atoms with E-state index in [1.165, 1.54) is 10.1 Å². The average Bonchev–Trinajstić information content (AvgIpc) is 3.09. The van der Waals surface area contributed by atoms with Crippen molar-refractivity contribution in [1.29, 1.82) is 0 Å². The van der Waals surface area contributed by atoms with Gasteiger partial charge < -0.3 is 20.1 Å². The van der Waals surface area contributed by atoms with E-state index in [0.717, 1.165) is 10.1 Å². The number of rotatable bonds is 11. The van der Waals surface area contributed by atoms with Gasteiger partial charge in [-0.2, -0.15) is 29.9 Å². The van der Waals surface area contributed by atoms with Gasteiger partial charge in [0.1, 0.15) is 12.2 Å². The van der Waals surface area contributed by atoms with Crippen molar-refractivity contribution in [1.82, 2.24) is 50.2 Å². The molecule has 0 amide bonds. The highest BCUT2D eigenvalue weighted by molar-refractivity contribution is 5.44. The van der Waals surface area contributed by atoms with E-state index < -0.39 is 44.3 Å². The molecule has 0 aromatic carbocycles. The molecule has 4 aliphatic heterocycles. The fourth-order valence-electron chi connectivity index (χ4n) is 11.1. The van der Waals surface area contributed by atoms with Gasteiger partial charge in [0, 0.05) is 82.1 Å². The number of piperidine rings is 4. The summed E-state index contributed by atoms with van der Waals surface area (Å²) in [4.78, 5) is 28.1. The molecule has 4 radical (unpaired) electrons. The van der Waals surface area contributed by atoms with Crippen molar-refractivity contribution >= 4 is 23.8 Å². The molecule has 0 aliphatic carbocycles. The lowest BCUT2D eigenvalue weighted by Crippen LogP contribution is -2.60. The molecule has 4 aliphatic rings. The van der Waals surface area contributed by atoms with Crippen LogP contribution in [-0.4, -0.2) is 119 Å². The molecule has 0 atom stereocenters. The Morgan fingerprint density at radius 2 is 0.597 bits per heavy atom. The Labute approximate surface area is 367 Å². The lowest BCUT2D eigenvalue weighted by molar-refractivity contribution is -0.297. The summed E-state index contributed by atoms with van der Waals surface area (Å²) in [5.41, 5.74) is 0.759. The third-order valence-corrected chi connectivity index (χ3v) is 13.0. The van der Waals surface area contributed by atoms with Gasteiger partial charge in [-0.15, -0.1) is 41.1 Å². The zero-order chi connectivity index (χ0) is 46.2. The molecule has 2 aromatic heterocycles. The number of hydroxylamine groups is 8. The highest BCUT2D eigenvalue weighted by Crippen LogP contribution is 2.42. The molecule has 20 nitrogen and oxygen atoms in total. The quantitative estimate of drug-likeness (QED) is 0.175. The Morgan fingerprint density at radius 3 is 0.855 bits per heavy atom. The van der Waals surface area contributed by atoms with Gasteiger partial charge in [0.2, 0.25) is 23.8 Å². The predicted molar refractivity (Wildman–Crippen MR) is 230 cm³/mol. The first-order valence-electron chi connectivity index (χ1n) is 22.0. The summed E-state index contributed by atoms with van der Waals surface area (Å²) in [6, 6.07) is -0.193. The van der Waals surface area contributed by atoms with Gasteiger partial charge in [-0.3, -0.25) is 10.9 Å². The van der Waals surface area contributed by atoms with E-state index in [1.54, 1.807) is 0 Å². The molecule has 6 heterocycles. The minimum atomic E-state index is -0.689. The summed E-state index contributed by atoms with van der Waals surface area (Å²) < 4.78 is 12.9. The molecule has 0 saturated carbocycles. The SMILES string of the molecule is CC1(C)CC(Nc2nc(NNc3nc(NC4CC(C)(C)N([O])C(C)(C)C4)nc(OC4CC(C)(C)N([O])C(C)(C)C4)n3)nc(OC3CC(C)(C)N([O])C(C)(C)C3)n2)CC(C)(C)N1[O]. The second kappa shape index (κ2) is 16.2. The van der Waals surface area contributed by atoms with Gasteiger partial charge in [0.05, 0.1) is 0 Å². The summed E-state index contributed by atoms with van der Waals surface area (Å²) in [5.74, 6) is 0.656. The number of hydrazine groups is 1. The minimum absolute atomic E-state index is 0.0504. The summed E-state index contributed by atoms with van der Waals surface area (Å²) in [6.45, 7) is 30.7. The predicted octanol–water partition coefficient (Wildman–Crippen LogP) is 6.55. The topological polar surface area (TPSA) is 236 Å². The number of nitrogens with zero attached hydrogens (tertiary/aromatic N) is 10. The monoisotopic (exact) mass is 869 g/mol. The van der Waals surface area contributed by atoms with E-state index in [-0.39, 0.29) is 60.1 Å². The van der Waals surface area contributed by atoms with Crippen LogP contribution in [0.5, 0.6) is 12.0 Å². The van der Waals surface area contributed by atoms with Gasteiger partial charge in [0.15, 0.2) is 0 Å². The summed E-state index contributed by atoms with van der Waals surface area (Å²) >= 11 is 0. The van der Waals surface area contributed by atoms with E-state index in [9.17, 15) is 20.8 Å². The zero-order valence-electron chi connectivity index (χ0n) is 39.9. The first-order valence-corrected chi connectivity index (χ1v) is 22.0. The molecular weight excluding hydrogens is 797 g/mol. The fraction of sp³-hybridized carbons (Fsp3) is 0.857. The molecule has 4 N–H and O–H groups in total. The number of nitrogens with one attached hydrogen (secondary N) is 4. The van der Waals surface area contributed by atoms with Crippen molar-refractivity contribution in [3.05, 3.63) is 0 Å². The Kier molecular flexibility index (Phi) is 12.5. The number of anilines is 4. The van der Waals surface area contributed by atoms with Crippen LogP contribution in [0.4, 0.5) is 23.8 Å². The Morgan fingerprint density at radius 1 is 0.371 bits per heavy atom. The van der Waals surface area contributed by atoms with Crippen LogP contribution in [0.1, 0.15) is 162 Å². The second-order valence-electron chi connectivity index (χ2n) is 23.3. The number of aromatic nitrogens is 6. The number of hydrogen-bond donors (Lipinski definition) is 4. The lowest BCUT2D eigenvalue weighted by Gasteiger charge is -2.50. The van der Waals surface area contributed by atoms with Crippen LogP contribution in [0, 0.1) is 0 Å². The van der Waals surface area contributed by atoms with E-state index in [1.807, 2.05) is 111 Å². The fourth-order valence-corrected chi connectivity index (χ4v) is 11.1. The van der Waals surface area contributed by atoms with Crippen LogP contribution in [0.3, 0.4) is 0 Å². The van der Waals surface area contributed by atoms with Crippen LogP contribution in [0.25, 0.3) is 0 Å². The number of ether oxygens (including phenoxy) is 2.